The number of aromatic hydroxyl groups is 1. The lowest BCUT2D eigenvalue weighted by molar-refractivity contribution is 0.0600. The number of esters is 1. The lowest BCUT2D eigenvalue weighted by atomic mass is 10.1. The summed E-state index contributed by atoms with van der Waals surface area (Å²) in [7, 11) is 2.86. The number of phenolic OH excluding ortho intramolecular Hbond substituents is 1. The summed E-state index contributed by atoms with van der Waals surface area (Å²) in [6.45, 7) is 0. The number of hydrogen-bond acceptors (Lipinski definition) is 4. The van der Waals surface area contributed by atoms with E-state index in [4.69, 9.17) is 4.74 Å². The van der Waals surface area contributed by atoms with E-state index in [1.807, 2.05) is 24.3 Å². The molecule has 0 saturated heterocycles. The first-order valence-electron chi connectivity index (χ1n) is 6.37. The van der Waals surface area contributed by atoms with E-state index >= 15 is 0 Å². The number of carbonyl (C=O) groups is 1. The van der Waals surface area contributed by atoms with Crippen molar-refractivity contribution >= 4 is 18.1 Å². The van der Waals surface area contributed by atoms with Gasteiger partial charge in [0.15, 0.2) is 11.5 Å². The molecule has 0 aliphatic rings. The highest BCUT2D eigenvalue weighted by Crippen LogP contribution is 2.27. The molecule has 21 heavy (non-hydrogen) atoms. The Morgan fingerprint density at radius 1 is 1.00 bits per heavy atom. The van der Waals surface area contributed by atoms with Crippen LogP contribution >= 0.6 is 0 Å². The van der Waals surface area contributed by atoms with Crippen LogP contribution in [0.1, 0.15) is 21.5 Å². The maximum Gasteiger partial charge on any atom is 0.337 e. The minimum atomic E-state index is -0.353. The number of methoxy groups -OCH3 is 2. The van der Waals surface area contributed by atoms with Crippen LogP contribution in [0.2, 0.25) is 0 Å². The van der Waals surface area contributed by atoms with Gasteiger partial charge in [-0.1, -0.05) is 30.4 Å². The monoisotopic (exact) mass is 284 g/mol. The normalized spacial score (nSPS) is 10.6. The second-order valence-electron chi connectivity index (χ2n) is 4.38. The minimum Gasteiger partial charge on any atom is -0.504 e. The molecule has 0 bridgehead atoms. The first-order chi connectivity index (χ1) is 10.1. The quantitative estimate of drug-likeness (QED) is 0.691. The van der Waals surface area contributed by atoms with Gasteiger partial charge in [-0.25, -0.2) is 4.79 Å². The Balaban J connectivity index is 2.15. The lowest BCUT2D eigenvalue weighted by Gasteiger charge is -2.03. The van der Waals surface area contributed by atoms with E-state index in [2.05, 4.69) is 4.74 Å². The predicted molar refractivity (Wildman–Crippen MR) is 81.4 cm³/mol. The smallest absolute Gasteiger partial charge is 0.337 e. The Kier molecular flexibility index (Phi) is 4.61. The van der Waals surface area contributed by atoms with Gasteiger partial charge in [0.05, 0.1) is 19.8 Å². The topological polar surface area (TPSA) is 55.8 Å². The molecule has 2 rings (SSSR count). The molecule has 108 valence electrons. The molecule has 0 fully saturated rings. The van der Waals surface area contributed by atoms with Crippen molar-refractivity contribution in [1.29, 1.82) is 0 Å². The summed E-state index contributed by atoms with van der Waals surface area (Å²) in [6.07, 6.45) is 3.81. The Bertz CT molecular complexity index is 657. The first-order valence-corrected chi connectivity index (χ1v) is 6.37. The summed E-state index contributed by atoms with van der Waals surface area (Å²) in [5.74, 6) is 0.184. The summed E-state index contributed by atoms with van der Waals surface area (Å²) in [5, 5.41) is 9.53. The third-order valence-electron chi connectivity index (χ3n) is 3.00. The molecule has 1 N–H and O–H groups in total. The van der Waals surface area contributed by atoms with Crippen molar-refractivity contribution in [3.63, 3.8) is 0 Å². The average molecular weight is 284 g/mol. The van der Waals surface area contributed by atoms with Gasteiger partial charge in [-0.2, -0.15) is 0 Å². The maximum atomic E-state index is 11.3. The van der Waals surface area contributed by atoms with Crippen LogP contribution < -0.4 is 4.74 Å². The van der Waals surface area contributed by atoms with Gasteiger partial charge in [0, 0.05) is 0 Å². The Labute approximate surface area is 123 Å². The molecule has 0 saturated carbocycles. The number of hydrogen-bond donors (Lipinski definition) is 1. The molecule has 0 aliphatic heterocycles. The molecule has 0 spiro atoms. The van der Waals surface area contributed by atoms with Gasteiger partial charge in [0.2, 0.25) is 0 Å². The van der Waals surface area contributed by atoms with E-state index in [1.54, 1.807) is 30.3 Å². The summed E-state index contributed by atoms with van der Waals surface area (Å²) in [6, 6.07) is 12.2. The lowest BCUT2D eigenvalue weighted by Crippen LogP contribution is -2.00. The Hall–Kier alpha value is -2.75. The first kappa shape index (κ1) is 14.7. The third kappa shape index (κ3) is 3.63. The van der Waals surface area contributed by atoms with Crippen LogP contribution in [0.5, 0.6) is 11.5 Å². The van der Waals surface area contributed by atoms with Gasteiger partial charge < -0.3 is 14.6 Å². The molecule has 0 aromatic heterocycles. The molecular weight excluding hydrogens is 268 g/mol. The summed E-state index contributed by atoms with van der Waals surface area (Å²) in [4.78, 5) is 11.3. The van der Waals surface area contributed by atoms with Gasteiger partial charge in [-0.05, 0) is 35.4 Å². The van der Waals surface area contributed by atoms with E-state index in [1.165, 1.54) is 14.2 Å². The zero-order valence-corrected chi connectivity index (χ0v) is 11.9. The van der Waals surface area contributed by atoms with Crippen LogP contribution in [-0.2, 0) is 4.74 Å². The second kappa shape index (κ2) is 6.61. The van der Waals surface area contributed by atoms with Crippen molar-refractivity contribution in [2.24, 2.45) is 0 Å². The molecule has 4 nitrogen and oxygen atoms in total. The van der Waals surface area contributed by atoms with Crippen LogP contribution in [-0.4, -0.2) is 25.3 Å². The Morgan fingerprint density at radius 3 is 2.24 bits per heavy atom. The summed E-state index contributed by atoms with van der Waals surface area (Å²) < 4.78 is 9.70. The average Bonchev–Trinajstić information content (AvgIpc) is 2.53. The van der Waals surface area contributed by atoms with Crippen molar-refractivity contribution in [2.45, 2.75) is 0 Å². The number of carbonyl (C=O) groups excluding carboxylic acids is 1. The summed E-state index contributed by atoms with van der Waals surface area (Å²) >= 11 is 0. The SMILES string of the molecule is COC(=O)c1ccc(/C=C/c2ccc(O)c(OC)c2)cc1. The Morgan fingerprint density at radius 2 is 1.62 bits per heavy atom. The van der Waals surface area contributed by atoms with E-state index in [0.29, 0.717) is 11.3 Å². The van der Waals surface area contributed by atoms with Crippen molar-refractivity contribution in [1.82, 2.24) is 0 Å². The largest absolute Gasteiger partial charge is 0.504 e. The highest BCUT2D eigenvalue weighted by molar-refractivity contribution is 5.89. The molecule has 0 amide bonds. The number of ether oxygens (including phenoxy) is 2. The van der Waals surface area contributed by atoms with Crippen molar-refractivity contribution < 1.29 is 19.4 Å². The third-order valence-corrected chi connectivity index (χ3v) is 3.00. The molecule has 0 atom stereocenters. The van der Waals surface area contributed by atoms with Gasteiger partial charge in [0.1, 0.15) is 0 Å². The van der Waals surface area contributed by atoms with Crippen LogP contribution in [0.15, 0.2) is 42.5 Å². The minimum absolute atomic E-state index is 0.108. The summed E-state index contributed by atoms with van der Waals surface area (Å²) in [5.41, 5.74) is 2.37. The molecule has 4 heteroatoms. The molecule has 2 aromatic rings. The highest BCUT2D eigenvalue weighted by atomic mass is 16.5. The fraction of sp³-hybridized carbons (Fsp3) is 0.118. The van der Waals surface area contributed by atoms with Crippen LogP contribution in [0, 0.1) is 0 Å². The number of benzene rings is 2. The van der Waals surface area contributed by atoms with Crippen LogP contribution in [0.4, 0.5) is 0 Å². The molecule has 0 unspecified atom stereocenters. The van der Waals surface area contributed by atoms with Crippen LogP contribution in [0.25, 0.3) is 12.2 Å². The van der Waals surface area contributed by atoms with Crippen molar-refractivity contribution in [3.8, 4) is 11.5 Å². The number of rotatable bonds is 4. The molecule has 2 aromatic carbocycles. The van der Waals surface area contributed by atoms with E-state index < -0.39 is 0 Å². The second-order valence-corrected chi connectivity index (χ2v) is 4.38. The highest BCUT2D eigenvalue weighted by Gasteiger charge is 2.03. The fourth-order valence-electron chi connectivity index (χ4n) is 1.84. The molecule has 0 heterocycles. The zero-order valence-electron chi connectivity index (χ0n) is 11.9. The fourth-order valence-corrected chi connectivity index (χ4v) is 1.84. The molecule has 0 aliphatic carbocycles. The van der Waals surface area contributed by atoms with Crippen LogP contribution in [0.3, 0.4) is 0 Å². The predicted octanol–water partition coefficient (Wildman–Crippen LogP) is 3.36. The molecular formula is C17H16O4. The van der Waals surface area contributed by atoms with E-state index in [9.17, 15) is 9.90 Å². The van der Waals surface area contributed by atoms with Gasteiger partial charge in [0.25, 0.3) is 0 Å². The van der Waals surface area contributed by atoms with E-state index in [0.717, 1.165) is 11.1 Å². The van der Waals surface area contributed by atoms with Crippen molar-refractivity contribution in [3.05, 3.63) is 59.2 Å². The number of phenols is 1. The molecule has 0 radical (unpaired) electrons. The zero-order chi connectivity index (χ0) is 15.2. The van der Waals surface area contributed by atoms with E-state index in [-0.39, 0.29) is 11.7 Å². The van der Waals surface area contributed by atoms with Gasteiger partial charge >= 0.3 is 5.97 Å². The van der Waals surface area contributed by atoms with Gasteiger partial charge in [-0.3, -0.25) is 0 Å². The standard InChI is InChI=1S/C17H16O4/c1-20-16-11-13(7-10-15(16)18)4-3-12-5-8-14(9-6-12)17(19)21-2/h3-11,18H,1-2H3/b4-3+. The maximum absolute atomic E-state index is 11.3. The van der Waals surface area contributed by atoms with Gasteiger partial charge in [-0.15, -0.1) is 0 Å². The van der Waals surface area contributed by atoms with Crippen molar-refractivity contribution in [2.75, 3.05) is 14.2 Å².